The Morgan fingerprint density at radius 1 is 1.35 bits per heavy atom. The number of aromatic nitrogens is 1. The van der Waals surface area contributed by atoms with Crippen LogP contribution in [-0.4, -0.2) is 21.6 Å². The fourth-order valence-corrected chi connectivity index (χ4v) is 2.15. The Morgan fingerprint density at radius 2 is 2.05 bits per heavy atom. The van der Waals surface area contributed by atoms with Crippen LogP contribution in [0.25, 0.3) is 0 Å². The van der Waals surface area contributed by atoms with Gasteiger partial charge in [-0.2, -0.15) is 0 Å². The molecule has 0 unspecified atom stereocenters. The summed E-state index contributed by atoms with van der Waals surface area (Å²) >= 11 is 5.83. The van der Waals surface area contributed by atoms with Crippen molar-refractivity contribution in [2.24, 2.45) is 7.05 Å². The molecule has 0 saturated carbocycles. The van der Waals surface area contributed by atoms with Crippen LogP contribution in [0.1, 0.15) is 16.1 Å². The first-order valence-corrected chi connectivity index (χ1v) is 6.28. The third kappa shape index (κ3) is 3.19. The minimum absolute atomic E-state index is 0.148. The molecule has 0 aliphatic rings. The number of aliphatic carboxylic acids is 1. The molecule has 104 valence electrons. The van der Waals surface area contributed by atoms with Crippen molar-refractivity contribution in [1.82, 2.24) is 4.57 Å². The van der Waals surface area contributed by atoms with Crippen molar-refractivity contribution < 1.29 is 14.7 Å². The molecule has 0 fully saturated rings. The summed E-state index contributed by atoms with van der Waals surface area (Å²) in [6.07, 6.45) is 1.48. The monoisotopic (exact) mass is 292 g/mol. The molecule has 6 heteroatoms. The maximum atomic E-state index is 12.1. The summed E-state index contributed by atoms with van der Waals surface area (Å²) in [5.41, 5.74) is 1.44. The number of benzene rings is 1. The first-order chi connectivity index (χ1) is 9.47. The summed E-state index contributed by atoms with van der Waals surface area (Å²) < 4.78 is 1.61. The summed E-state index contributed by atoms with van der Waals surface area (Å²) in [5, 5.41) is 12.0. The lowest BCUT2D eigenvalue weighted by atomic mass is 10.1. The van der Waals surface area contributed by atoms with E-state index in [0.29, 0.717) is 22.0 Å². The Morgan fingerprint density at radius 3 is 2.65 bits per heavy atom. The number of rotatable bonds is 4. The molecular weight excluding hydrogens is 280 g/mol. The number of hydrogen-bond acceptors (Lipinski definition) is 2. The van der Waals surface area contributed by atoms with E-state index >= 15 is 0 Å². The lowest BCUT2D eigenvalue weighted by Crippen LogP contribution is -2.17. The van der Waals surface area contributed by atoms with Gasteiger partial charge in [-0.05, 0) is 17.7 Å². The van der Waals surface area contributed by atoms with E-state index in [1.165, 1.54) is 0 Å². The standard InChI is InChI=1S/C14H13ClN2O3/c1-17-8-10(15)7-12(17)14(20)16-11-5-3-2-4-9(11)6-13(18)19/h2-5,7-8H,6H2,1H3,(H,16,20)(H,18,19). The van der Waals surface area contributed by atoms with E-state index in [4.69, 9.17) is 16.7 Å². The largest absolute Gasteiger partial charge is 0.481 e. The minimum Gasteiger partial charge on any atom is -0.481 e. The van der Waals surface area contributed by atoms with E-state index in [0.717, 1.165) is 0 Å². The first-order valence-electron chi connectivity index (χ1n) is 5.90. The van der Waals surface area contributed by atoms with Gasteiger partial charge in [0.1, 0.15) is 5.69 Å². The molecule has 0 spiro atoms. The van der Waals surface area contributed by atoms with E-state index in [9.17, 15) is 9.59 Å². The molecule has 0 bridgehead atoms. The van der Waals surface area contributed by atoms with E-state index < -0.39 is 5.97 Å². The number of carbonyl (C=O) groups excluding carboxylic acids is 1. The molecule has 2 aromatic rings. The van der Waals surface area contributed by atoms with Crippen molar-refractivity contribution in [1.29, 1.82) is 0 Å². The number of nitrogens with zero attached hydrogens (tertiary/aromatic N) is 1. The number of halogens is 1. The molecule has 0 aliphatic carbocycles. The first kappa shape index (κ1) is 14.1. The number of carbonyl (C=O) groups is 2. The van der Waals surface area contributed by atoms with Gasteiger partial charge >= 0.3 is 5.97 Å². The van der Waals surface area contributed by atoms with Gasteiger partial charge in [0.15, 0.2) is 0 Å². The second kappa shape index (κ2) is 5.79. The zero-order chi connectivity index (χ0) is 14.7. The molecular formula is C14H13ClN2O3. The average Bonchev–Trinajstić information content (AvgIpc) is 2.70. The van der Waals surface area contributed by atoms with E-state index in [-0.39, 0.29) is 12.3 Å². The van der Waals surface area contributed by atoms with Gasteiger partial charge in [-0.25, -0.2) is 0 Å². The molecule has 1 aromatic carbocycles. The maximum absolute atomic E-state index is 12.1. The maximum Gasteiger partial charge on any atom is 0.307 e. The zero-order valence-electron chi connectivity index (χ0n) is 10.8. The Hall–Kier alpha value is -2.27. The molecule has 1 heterocycles. The van der Waals surface area contributed by atoms with Crippen LogP contribution in [0, 0.1) is 0 Å². The normalized spacial score (nSPS) is 10.3. The number of aryl methyl sites for hydroxylation is 1. The number of anilines is 1. The quantitative estimate of drug-likeness (QED) is 0.910. The molecule has 1 amide bonds. The van der Waals surface area contributed by atoms with Crippen LogP contribution in [0.3, 0.4) is 0 Å². The molecule has 5 nitrogen and oxygen atoms in total. The van der Waals surface area contributed by atoms with E-state index in [1.54, 1.807) is 48.1 Å². The fourth-order valence-electron chi connectivity index (χ4n) is 1.90. The van der Waals surface area contributed by atoms with Gasteiger partial charge < -0.3 is 15.0 Å². The lowest BCUT2D eigenvalue weighted by Gasteiger charge is -2.10. The summed E-state index contributed by atoms with van der Waals surface area (Å²) in [4.78, 5) is 22.9. The topological polar surface area (TPSA) is 71.3 Å². The van der Waals surface area contributed by atoms with Crippen LogP contribution < -0.4 is 5.32 Å². The van der Waals surface area contributed by atoms with Gasteiger partial charge in [-0.1, -0.05) is 29.8 Å². The van der Waals surface area contributed by atoms with Crippen LogP contribution in [0.15, 0.2) is 36.5 Å². The molecule has 20 heavy (non-hydrogen) atoms. The third-order valence-electron chi connectivity index (χ3n) is 2.81. The molecule has 0 atom stereocenters. The molecule has 0 aliphatic heterocycles. The Bertz CT molecular complexity index is 664. The zero-order valence-corrected chi connectivity index (χ0v) is 11.5. The average molecular weight is 293 g/mol. The van der Waals surface area contributed by atoms with Crippen molar-refractivity contribution >= 4 is 29.2 Å². The van der Waals surface area contributed by atoms with Crippen molar-refractivity contribution in [2.75, 3.05) is 5.32 Å². The Balaban J connectivity index is 2.24. The second-order valence-corrected chi connectivity index (χ2v) is 4.77. The summed E-state index contributed by atoms with van der Waals surface area (Å²) in [7, 11) is 1.71. The second-order valence-electron chi connectivity index (χ2n) is 4.34. The van der Waals surface area contributed by atoms with Crippen LogP contribution in [-0.2, 0) is 18.3 Å². The van der Waals surface area contributed by atoms with E-state index in [1.807, 2.05) is 0 Å². The van der Waals surface area contributed by atoms with Gasteiger partial charge in [0.05, 0.1) is 11.4 Å². The smallest absolute Gasteiger partial charge is 0.307 e. The number of hydrogen-bond donors (Lipinski definition) is 2. The number of carboxylic acid groups (broad SMARTS) is 1. The fraction of sp³-hybridized carbons (Fsp3) is 0.143. The molecule has 2 rings (SSSR count). The number of carboxylic acids is 1. The van der Waals surface area contributed by atoms with Crippen molar-refractivity contribution in [3.63, 3.8) is 0 Å². The summed E-state index contributed by atoms with van der Waals surface area (Å²) in [5.74, 6) is -1.29. The minimum atomic E-state index is -0.950. The van der Waals surface area contributed by atoms with E-state index in [2.05, 4.69) is 5.32 Å². The lowest BCUT2D eigenvalue weighted by molar-refractivity contribution is -0.136. The number of para-hydroxylation sites is 1. The van der Waals surface area contributed by atoms with Gasteiger partial charge in [0, 0.05) is 18.9 Å². The summed E-state index contributed by atoms with van der Waals surface area (Å²) in [6, 6.07) is 8.35. The molecule has 0 saturated heterocycles. The van der Waals surface area contributed by atoms with Crippen molar-refractivity contribution in [2.45, 2.75) is 6.42 Å². The molecule has 1 aromatic heterocycles. The highest BCUT2D eigenvalue weighted by Crippen LogP contribution is 2.18. The highest BCUT2D eigenvalue weighted by Gasteiger charge is 2.14. The van der Waals surface area contributed by atoms with Crippen LogP contribution in [0.4, 0.5) is 5.69 Å². The Kier molecular flexibility index (Phi) is 4.10. The molecule has 0 radical (unpaired) electrons. The van der Waals surface area contributed by atoms with Gasteiger partial charge in [-0.3, -0.25) is 9.59 Å². The van der Waals surface area contributed by atoms with Crippen LogP contribution >= 0.6 is 11.6 Å². The molecule has 2 N–H and O–H groups in total. The van der Waals surface area contributed by atoms with Crippen molar-refractivity contribution in [3.05, 3.63) is 52.8 Å². The van der Waals surface area contributed by atoms with Crippen LogP contribution in [0.5, 0.6) is 0 Å². The third-order valence-corrected chi connectivity index (χ3v) is 3.02. The highest BCUT2D eigenvalue weighted by molar-refractivity contribution is 6.31. The Labute approximate surface area is 120 Å². The van der Waals surface area contributed by atoms with Crippen LogP contribution in [0.2, 0.25) is 5.02 Å². The predicted molar refractivity (Wildman–Crippen MR) is 76.2 cm³/mol. The SMILES string of the molecule is Cn1cc(Cl)cc1C(=O)Nc1ccccc1CC(=O)O. The van der Waals surface area contributed by atoms with Crippen molar-refractivity contribution in [3.8, 4) is 0 Å². The number of nitrogens with one attached hydrogen (secondary N) is 1. The highest BCUT2D eigenvalue weighted by atomic mass is 35.5. The number of amides is 1. The van der Waals surface area contributed by atoms with Gasteiger partial charge in [0.25, 0.3) is 5.91 Å². The van der Waals surface area contributed by atoms with Gasteiger partial charge in [0.2, 0.25) is 0 Å². The predicted octanol–water partition coefficient (Wildman–Crippen LogP) is 2.56. The van der Waals surface area contributed by atoms with Gasteiger partial charge in [-0.15, -0.1) is 0 Å². The summed E-state index contributed by atoms with van der Waals surface area (Å²) in [6.45, 7) is 0.